The zero-order valence-corrected chi connectivity index (χ0v) is 14.2. The molecule has 0 heterocycles. The van der Waals surface area contributed by atoms with E-state index in [0.29, 0.717) is 12.0 Å². The Kier molecular flexibility index (Phi) is 5.16. The summed E-state index contributed by atoms with van der Waals surface area (Å²) in [4.78, 5) is 2.15. The van der Waals surface area contributed by atoms with Crippen molar-refractivity contribution in [3.63, 3.8) is 0 Å². The van der Waals surface area contributed by atoms with Crippen molar-refractivity contribution in [1.82, 2.24) is 10.3 Å². The highest BCUT2D eigenvalue weighted by atomic mass is 15.3. The Morgan fingerprint density at radius 2 is 1.91 bits per heavy atom. The summed E-state index contributed by atoms with van der Waals surface area (Å²) < 4.78 is 0. The van der Waals surface area contributed by atoms with Crippen LogP contribution in [-0.2, 0) is 0 Å². The van der Waals surface area contributed by atoms with Crippen molar-refractivity contribution in [2.45, 2.75) is 44.1 Å². The first-order valence-corrected chi connectivity index (χ1v) is 8.69. The van der Waals surface area contributed by atoms with Crippen LogP contribution in [0.5, 0.6) is 0 Å². The molecule has 1 N–H and O–H groups in total. The van der Waals surface area contributed by atoms with Gasteiger partial charge in [-0.1, -0.05) is 49.6 Å². The van der Waals surface area contributed by atoms with Crippen molar-refractivity contribution >= 4 is 6.21 Å². The van der Waals surface area contributed by atoms with Crippen LogP contribution in [0.4, 0.5) is 0 Å². The summed E-state index contributed by atoms with van der Waals surface area (Å²) in [6, 6.07) is 9.10. The van der Waals surface area contributed by atoms with Crippen molar-refractivity contribution in [2.75, 3.05) is 14.1 Å². The molecule has 3 heteroatoms. The van der Waals surface area contributed by atoms with Crippen molar-refractivity contribution in [3.8, 4) is 0 Å². The van der Waals surface area contributed by atoms with Crippen LogP contribution >= 0.6 is 0 Å². The summed E-state index contributed by atoms with van der Waals surface area (Å²) in [5, 5.41) is 4.52. The summed E-state index contributed by atoms with van der Waals surface area (Å²) in [5.74, 6) is 0.338. The highest BCUT2D eigenvalue weighted by Crippen LogP contribution is 2.29. The Balaban J connectivity index is 1.70. The second-order valence-electron chi connectivity index (χ2n) is 6.72. The van der Waals surface area contributed by atoms with E-state index in [1.54, 1.807) is 0 Å². The molecule has 1 aromatic rings. The van der Waals surface area contributed by atoms with Gasteiger partial charge >= 0.3 is 0 Å². The monoisotopic (exact) mass is 309 g/mol. The van der Waals surface area contributed by atoms with E-state index >= 15 is 0 Å². The van der Waals surface area contributed by atoms with Crippen molar-refractivity contribution in [2.24, 2.45) is 5.10 Å². The molecule has 0 saturated heterocycles. The number of rotatable bonds is 5. The first-order valence-electron chi connectivity index (χ1n) is 8.69. The van der Waals surface area contributed by atoms with Gasteiger partial charge in [-0.25, -0.2) is 0 Å². The molecular weight excluding hydrogens is 282 g/mol. The van der Waals surface area contributed by atoms with Crippen LogP contribution in [0.15, 0.2) is 53.3 Å². The third-order valence-electron chi connectivity index (χ3n) is 4.76. The second-order valence-corrected chi connectivity index (χ2v) is 6.72. The minimum Gasteiger partial charge on any atom is -0.378 e. The number of nitrogens with zero attached hydrogens (tertiary/aromatic N) is 2. The number of hydrogen-bond acceptors (Lipinski definition) is 3. The molecular formula is C20H27N3. The fraction of sp³-hybridized carbons (Fsp3) is 0.450. The van der Waals surface area contributed by atoms with Gasteiger partial charge in [-0.15, -0.1) is 0 Å². The SMILES string of the molecule is CN(C)C1=CC(c2ccccc2C=NNC2CCCCC2)C=C1. The van der Waals surface area contributed by atoms with Gasteiger partial charge in [0.15, 0.2) is 0 Å². The van der Waals surface area contributed by atoms with Gasteiger partial charge in [0.1, 0.15) is 0 Å². The van der Waals surface area contributed by atoms with Gasteiger partial charge < -0.3 is 10.3 Å². The fourth-order valence-corrected chi connectivity index (χ4v) is 3.36. The number of benzene rings is 1. The maximum absolute atomic E-state index is 4.52. The van der Waals surface area contributed by atoms with Crippen molar-refractivity contribution in [1.29, 1.82) is 0 Å². The Morgan fingerprint density at radius 3 is 2.65 bits per heavy atom. The molecule has 1 saturated carbocycles. The highest BCUT2D eigenvalue weighted by molar-refractivity contribution is 5.82. The zero-order chi connectivity index (χ0) is 16.1. The summed E-state index contributed by atoms with van der Waals surface area (Å²) in [6.07, 6.45) is 15.3. The van der Waals surface area contributed by atoms with Gasteiger partial charge in [-0.05, 0) is 36.1 Å². The van der Waals surface area contributed by atoms with Crippen LogP contribution in [0.3, 0.4) is 0 Å². The van der Waals surface area contributed by atoms with E-state index in [-0.39, 0.29) is 0 Å². The quantitative estimate of drug-likeness (QED) is 0.656. The number of hydrogen-bond donors (Lipinski definition) is 1. The molecule has 0 spiro atoms. The van der Waals surface area contributed by atoms with Crippen LogP contribution in [0, 0.1) is 0 Å². The molecule has 2 aliphatic rings. The van der Waals surface area contributed by atoms with Crippen LogP contribution < -0.4 is 5.43 Å². The summed E-state index contributed by atoms with van der Waals surface area (Å²) >= 11 is 0. The standard InChI is InChI=1S/C20H27N3/c1-23(2)19-13-12-16(14-19)20-11-7-6-8-17(20)15-21-22-18-9-4-3-5-10-18/h6-8,11-16,18,22H,3-5,9-10H2,1-2H3. The lowest BCUT2D eigenvalue weighted by atomic mass is 9.95. The molecule has 3 nitrogen and oxygen atoms in total. The molecule has 0 aromatic heterocycles. The molecule has 0 amide bonds. The Bertz CT molecular complexity index is 607. The van der Waals surface area contributed by atoms with E-state index < -0.39 is 0 Å². The molecule has 0 bridgehead atoms. The predicted molar refractivity (Wildman–Crippen MR) is 97.7 cm³/mol. The molecule has 2 aliphatic carbocycles. The van der Waals surface area contributed by atoms with Crippen LogP contribution in [-0.4, -0.2) is 31.3 Å². The minimum atomic E-state index is 0.338. The average Bonchev–Trinajstić information content (AvgIpc) is 3.06. The number of likely N-dealkylation sites (N-methyl/N-ethyl adjacent to an activating group) is 1. The molecule has 1 atom stereocenters. The molecule has 0 aliphatic heterocycles. The van der Waals surface area contributed by atoms with Crippen LogP contribution in [0.1, 0.15) is 49.1 Å². The van der Waals surface area contributed by atoms with Gasteiger partial charge in [0, 0.05) is 31.8 Å². The van der Waals surface area contributed by atoms with E-state index in [2.05, 4.69) is 72.0 Å². The van der Waals surface area contributed by atoms with Gasteiger partial charge in [0.05, 0.1) is 6.21 Å². The van der Waals surface area contributed by atoms with E-state index in [9.17, 15) is 0 Å². The van der Waals surface area contributed by atoms with Crippen molar-refractivity contribution in [3.05, 3.63) is 59.3 Å². The lowest BCUT2D eigenvalue weighted by molar-refractivity contribution is 0.381. The normalized spacial score (nSPS) is 21.7. The maximum Gasteiger partial charge on any atom is 0.0543 e. The zero-order valence-electron chi connectivity index (χ0n) is 14.2. The molecule has 1 aromatic carbocycles. The maximum atomic E-state index is 4.52. The Hall–Kier alpha value is -2.03. The topological polar surface area (TPSA) is 27.6 Å². The van der Waals surface area contributed by atoms with Gasteiger partial charge in [0.2, 0.25) is 0 Å². The number of allylic oxidation sites excluding steroid dienone is 3. The predicted octanol–water partition coefficient (Wildman–Crippen LogP) is 4.04. The minimum absolute atomic E-state index is 0.338. The molecule has 1 fully saturated rings. The number of hydrazone groups is 1. The lowest BCUT2D eigenvalue weighted by Crippen LogP contribution is -2.26. The molecule has 0 radical (unpaired) electrons. The molecule has 23 heavy (non-hydrogen) atoms. The van der Waals surface area contributed by atoms with E-state index in [1.807, 2.05) is 6.21 Å². The van der Waals surface area contributed by atoms with Gasteiger partial charge in [0.25, 0.3) is 0 Å². The highest BCUT2D eigenvalue weighted by Gasteiger charge is 2.15. The summed E-state index contributed by atoms with van der Waals surface area (Å²) in [5.41, 5.74) is 7.12. The van der Waals surface area contributed by atoms with E-state index in [0.717, 1.165) is 0 Å². The first-order chi connectivity index (χ1) is 11.2. The fourth-order valence-electron chi connectivity index (χ4n) is 3.36. The summed E-state index contributed by atoms with van der Waals surface area (Å²) in [6.45, 7) is 0. The van der Waals surface area contributed by atoms with Gasteiger partial charge in [-0.3, -0.25) is 0 Å². The second kappa shape index (κ2) is 7.49. The average molecular weight is 309 g/mol. The smallest absolute Gasteiger partial charge is 0.0543 e. The molecule has 122 valence electrons. The third kappa shape index (κ3) is 4.04. The number of nitrogens with one attached hydrogen (secondary N) is 1. The van der Waals surface area contributed by atoms with Crippen molar-refractivity contribution < 1.29 is 0 Å². The van der Waals surface area contributed by atoms with E-state index in [1.165, 1.54) is 48.9 Å². The van der Waals surface area contributed by atoms with Crippen LogP contribution in [0.25, 0.3) is 0 Å². The Labute approximate surface area is 139 Å². The molecule has 1 unspecified atom stereocenters. The van der Waals surface area contributed by atoms with Gasteiger partial charge in [-0.2, -0.15) is 5.10 Å². The summed E-state index contributed by atoms with van der Waals surface area (Å²) in [7, 11) is 4.17. The third-order valence-corrected chi connectivity index (χ3v) is 4.76. The lowest BCUT2D eigenvalue weighted by Gasteiger charge is -2.20. The Morgan fingerprint density at radius 1 is 1.13 bits per heavy atom. The van der Waals surface area contributed by atoms with E-state index in [4.69, 9.17) is 0 Å². The molecule has 3 rings (SSSR count). The largest absolute Gasteiger partial charge is 0.378 e. The first kappa shape index (κ1) is 15.9. The van der Waals surface area contributed by atoms with Crippen LogP contribution in [0.2, 0.25) is 0 Å².